The van der Waals surface area contributed by atoms with Crippen LogP contribution in [0, 0.1) is 0 Å². The number of ether oxygens (including phenoxy) is 1. The predicted molar refractivity (Wildman–Crippen MR) is 94.1 cm³/mol. The molecule has 0 spiro atoms. The highest BCUT2D eigenvalue weighted by Crippen LogP contribution is 2.32. The fourth-order valence-electron chi connectivity index (χ4n) is 3.02. The molecule has 0 bridgehead atoms. The number of rotatable bonds is 5. The van der Waals surface area contributed by atoms with Gasteiger partial charge in [-0.25, -0.2) is 15.4 Å². The van der Waals surface area contributed by atoms with E-state index in [1.807, 2.05) is 48.5 Å². The second kappa shape index (κ2) is 7.46. The summed E-state index contributed by atoms with van der Waals surface area (Å²) in [4.78, 5) is 19.3. The van der Waals surface area contributed by atoms with Gasteiger partial charge in [-0.05, 0) is 43.0 Å². The fourth-order valence-corrected chi connectivity index (χ4v) is 3.02. The minimum Gasteiger partial charge on any atom is -0.381 e. The van der Waals surface area contributed by atoms with Crippen LogP contribution in [0.1, 0.15) is 24.3 Å². The molecule has 0 aliphatic carbocycles. The Morgan fingerprint density at radius 1 is 1.00 bits per heavy atom. The van der Waals surface area contributed by atoms with E-state index < -0.39 is 0 Å². The highest BCUT2D eigenvalue weighted by Gasteiger charge is 2.20. The van der Waals surface area contributed by atoms with Crippen LogP contribution in [0.5, 0.6) is 5.88 Å². The van der Waals surface area contributed by atoms with E-state index in [1.54, 1.807) is 6.20 Å². The van der Waals surface area contributed by atoms with Gasteiger partial charge in [0.15, 0.2) is 5.82 Å². The molecule has 1 aliphatic rings. The van der Waals surface area contributed by atoms with Crippen LogP contribution in [0.2, 0.25) is 0 Å². The van der Waals surface area contributed by atoms with E-state index in [4.69, 9.17) is 14.6 Å². The van der Waals surface area contributed by atoms with Crippen molar-refractivity contribution in [1.82, 2.24) is 9.97 Å². The summed E-state index contributed by atoms with van der Waals surface area (Å²) in [6.07, 6.45) is 3.61. The third-order valence-electron chi connectivity index (χ3n) is 4.33. The number of hydrogen-bond donors (Lipinski definition) is 1. The van der Waals surface area contributed by atoms with Crippen LogP contribution in [0.4, 0.5) is 5.82 Å². The van der Waals surface area contributed by atoms with Crippen LogP contribution in [0.3, 0.4) is 0 Å². The average Bonchev–Trinajstić information content (AvgIpc) is 2.69. The Hall–Kier alpha value is -2.70. The highest BCUT2D eigenvalue weighted by atomic mass is 17.3. The Morgan fingerprint density at radius 2 is 1.88 bits per heavy atom. The van der Waals surface area contributed by atoms with Crippen LogP contribution in [0.25, 0.3) is 10.9 Å². The molecule has 0 atom stereocenters. The fraction of sp³-hybridized carbons (Fsp3) is 0.263. The van der Waals surface area contributed by atoms with Crippen molar-refractivity contribution < 1.29 is 14.6 Å². The molecule has 6 heteroatoms. The number of para-hydroxylation sites is 1. The third kappa shape index (κ3) is 3.70. The van der Waals surface area contributed by atoms with E-state index in [0.717, 1.165) is 42.5 Å². The first kappa shape index (κ1) is 15.8. The Bertz CT molecular complexity index is 850. The van der Waals surface area contributed by atoms with Crippen molar-refractivity contribution in [3.05, 3.63) is 60.3 Å². The van der Waals surface area contributed by atoms with Crippen molar-refractivity contribution in [2.24, 2.45) is 0 Å². The van der Waals surface area contributed by atoms with Gasteiger partial charge in [-0.1, -0.05) is 29.3 Å². The van der Waals surface area contributed by atoms with E-state index in [2.05, 4.69) is 15.4 Å². The van der Waals surface area contributed by atoms with Gasteiger partial charge in [0.05, 0.1) is 5.52 Å². The maximum Gasteiger partial charge on any atom is 0.262 e. The molecule has 1 saturated heterocycles. The Labute approximate surface area is 145 Å². The van der Waals surface area contributed by atoms with Crippen LogP contribution < -0.4 is 10.4 Å². The normalized spacial score (nSPS) is 15.2. The van der Waals surface area contributed by atoms with Gasteiger partial charge in [0, 0.05) is 30.4 Å². The van der Waals surface area contributed by atoms with Crippen LogP contribution in [-0.4, -0.2) is 23.2 Å². The molecule has 3 heterocycles. The SMILES string of the molecule is c1cnc(OONc2ccc3ccccc3n2)c(C2CCOCC2)c1. The molecule has 0 radical (unpaired) electrons. The van der Waals surface area contributed by atoms with Crippen LogP contribution >= 0.6 is 0 Å². The van der Waals surface area contributed by atoms with Gasteiger partial charge in [0.1, 0.15) is 0 Å². The Morgan fingerprint density at radius 3 is 2.80 bits per heavy atom. The summed E-state index contributed by atoms with van der Waals surface area (Å²) in [7, 11) is 0. The molecule has 0 amide bonds. The van der Waals surface area contributed by atoms with Gasteiger partial charge in [-0.15, -0.1) is 0 Å². The number of benzene rings is 1. The predicted octanol–water partition coefficient (Wildman–Crippen LogP) is 3.86. The maximum absolute atomic E-state index is 5.42. The summed E-state index contributed by atoms with van der Waals surface area (Å²) in [5, 5.41) is 1.07. The quantitative estimate of drug-likeness (QED) is 0.563. The molecular weight excluding hydrogens is 318 g/mol. The molecule has 2 aromatic heterocycles. The first-order chi connectivity index (χ1) is 12.4. The second-order valence-electron chi connectivity index (χ2n) is 5.94. The molecule has 1 N–H and O–H groups in total. The zero-order valence-corrected chi connectivity index (χ0v) is 13.7. The summed E-state index contributed by atoms with van der Waals surface area (Å²) in [6.45, 7) is 1.53. The van der Waals surface area contributed by atoms with Gasteiger partial charge in [-0.3, -0.25) is 4.89 Å². The number of aromatic nitrogens is 2. The van der Waals surface area contributed by atoms with Crippen molar-refractivity contribution in [2.45, 2.75) is 18.8 Å². The van der Waals surface area contributed by atoms with Gasteiger partial charge >= 0.3 is 0 Å². The molecule has 128 valence electrons. The van der Waals surface area contributed by atoms with Gasteiger partial charge in [0.25, 0.3) is 5.88 Å². The number of nitrogens with zero attached hydrogens (tertiary/aromatic N) is 2. The van der Waals surface area contributed by atoms with Crippen molar-refractivity contribution in [2.75, 3.05) is 18.7 Å². The van der Waals surface area contributed by atoms with Gasteiger partial charge < -0.3 is 4.74 Å². The van der Waals surface area contributed by atoms with Crippen molar-refractivity contribution >= 4 is 16.7 Å². The number of nitrogens with one attached hydrogen (secondary N) is 1. The topological polar surface area (TPSA) is 65.5 Å². The summed E-state index contributed by atoms with van der Waals surface area (Å²) < 4.78 is 5.42. The number of pyridine rings is 2. The molecule has 1 fully saturated rings. The molecule has 6 nitrogen and oxygen atoms in total. The van der Waals surface area contributed by atoms with E-state index in [-0.39, 0.29) is 0 Å². The summed E-state index contributed by atoms with van der Waals surface area (Å²) >= 11 is 0. The molecular formula is C19H19N3O3. The smallest absolute Gasteiger partial charge is 0.262 e. The molecule has 1 aliphatic heterocycles. The second-order valence-corrected chi connectivity index (χ2v) is 5.94. The standard InChI is InChI=1S/C19H19N3O3/c1-2-6-17-15(4-1)7-8-18(21-17)22-25-24-19-16(5-3-11-20-19)14-9-12-23-13-10-14/h1-8,11,14H,9-10,12-13H2,(H,21,22). The first-order valence-corrected chi connectivity index (χ1v) is 8.38. The van der Waals surface area contributed by atoms with E-state index in [1.165, 1.54) is 0 Å². The lowest BCUT2D eigenvalue weighted by Gasteiger charge is -2.23. The number of fused-ring (bicyclic) bond motifs is 1. The monoisotopic (exact) mass is 337 g/mol. The molecule has 3 aromatic rings. The molecule has 4 rings (SSSR count). The van der Waals surface area contributed by atoms with Crippen LogP contribution in [0.15, 0.2) is 54.7 Å². The molecule has 1 aromatic carbocycles. The zero-order valence-electron chi connectivity index (χ0n) is 13.7. The summed E-state index contributed by atoms with van der Waals surface area (Å²) in [5.74, 6) is 1.42. The van der Waals surface area contributed by atoms with Crippen LogP contribution in [-0.2, 0) is 9.73 Å². The highest BCUT2D eigenvalue weighted by molar-refractivity contribution is 5.79. The van der Waals surface area contributed by atoms with Crippen molar-refractivity contribution in [1.29, 1.82) is 0 Å². The van der Waals surface area contributed by atoms with E-state index >= 15 is 0 Å². The minimum atomic E-state index is 0.375. The zero-order chi connectivity index (χ0) is 16.9. The lowest BCUT2D eigenvalue weighted by atomic mass is 9.92. The average molecular weight is 337 g/mol. The Balaban J connectivity index is 1.42. The molecule has 0 saturated carbocycles. The molecule has 25 heavy (non-hydrogen) atoms. The third-order valence-corrected chi connectivity index (χ3v) is 4.33. The van der Waals surface area contributed by atoms with Crippen molar-refractivity contribution in [3.8, 4) is 5.88 Å². The summed E-state index contributed by atoms with van der Waals surface area (Å²) in [6, 6.07) is 15.6. The number of anilines is 1. The largest absolute Gasteiger partial charge is 0.381 e. The number of hydrogen-bond acceptors (Lipinski definition) is 6. The molecule has 0 unspecified atom stereocenters. The van der Waals surface area contributed by atoms with Gasteiger partial charge in [0.2, 0.25) is 0 Å². The van der Waals surface area contributed by atoms with Crippen molar-refractivity contribution in [3.63, 3.8) is 0 Å². The first-order valence-electron chi connectivity index (χ1n) is 8.38. The lowest BCUT2D eigenvalue weighted by Crippen LogP contribution is -2.16. The lowest BCUT2D eigenvalue weighted by molar-refractivity contribution is -0.183. The van der Waals surface area contributed by atoms with E-state index in [9.17, 15) is 0 Å². The maximum atomic E-state index is 5.42. The minimum absolute atomic E-state index is 0.375. The van der Waals surface area contributed by atoms with E-state index in [0.29, 0.717) is 17.6 Å². The van der Waals surface area contributed by atoms with Gasteiger partial charge in [-0.2, -0.15) is 0 Å². The Kier molecular flexibility index (Phi) is 4.72. The summed E-state index contributed by atoms with van der Waals surface area (Å²) in [5.41, 5.74) is 4.64.